The van der Waals surface area contributed by atoms with Crippen LogP contribution in [0.4, 0.5) is 0 Å². The molecule has 2 amide bonds. The van der Waals surface area contributed by atoms with Crippen LogP contribution in [0.25, 0.3) is 0 Å². The standard InChI is InChI=1S/C5H10N2O3.C3H8.C2H6/c1-4(6-3-8)5(9)7(2)10;1-3-2;1-2/h3-4,10H,1-2H3,(H,6,8);3H2,1-2H3;1-2H3. The highest BCUT2D eigenvalue weighted by Gasteiger charge is 2.13. The van der Waals surface area contributed by atoms with Gasteiger partial charge in [-0.25, -0.2) is 5.06 Å². The first-order valence-electron chi connectivity index (χ1n) is 5.17. The van der Waals surface area contributed by atoms with Crippen molar-refractivity contribution in [2.24, 2.45) is 0 Å². The summed E-state index contributed by atoms with van der Waals surface area (Å²) in [5, 5.41) is 11.2. The minimum Gasteiger partial charge on any atom is -0.347 e. The van der Waals surface area contributed by atoms with E-state index in [2.05, 4.69) is 19.2 Å². The number of carbonyl (C=O) groups excluding carboxylic acids is 2. The number of amides is 2. The molecule has 0 saturated carbocycles. The molecular formula is C10H24N2O3. The van der Waals surface area contributed by atoms with Crippen LogP contribution in [0.15, 0.2) is 0 Å². The molecule has 0 aromatic carbocycles. The SMILES string of the molecule is CC.CC(NC=O)C(=O)N(C)O.CCC. The normalized spacial score (nSPS) is 9.53. The number of likely N-dealkylation sites (N-methyl/N-ethyl adjacent to an activating group) is 1. The Labute approximate surface area is 92.4 Å². The van der Waals surface area contributed by atoms with Crippen molar-refractivity contribution in [3.8, 4) is 0 Å². The van der Waals surface area contributed by atoms with E-state index in [1.165, 1.54) is 20.4 Å². The average Bonchev–Trinajstić information content (AvgIpc) is 2.21. The van der Waals surface area contributed by atoms with E-state index in [9.17, 15) is 9.59 Å². The van der Waals surface area contributed by atoms with E-state index in [0.29, 0.717) is 11.5 Å². The first-order valence-corrected chi connectivity index (χ1v) is 5.17. The molecule has 0 bridgehead atoms. The topological polar surface area (TPSA) is 69.6 Å². The van der Waals surface area contributed by atoms with Gasteiger partial charge in [-0.15, -0.1) is 0 Å². The van der Waals surface area contributed by atoms with Crippen LogP contribution >= 0.6 is 0 Å². The van der Waals surface area contributed by atoms with Crippen molar-refractivity contribution in [3.63, 3.8) is 0 Å². The zero-order valence-corrected chi connectivity index (χ0v) is 10.6. The molecule has 15 heavy (non-hydrogen) atoms. The lowest BCUT2D eigenvalue weighted by Crippen LogP contribution is -2.41. The zero-order chi connectivity index (χ0) is 12.9. The van der Waals surface area contributed by atoms with Crippen molar-refractivity contribution in [2.45, 2.75) is 47.1 Å². The van der Waals surface area contributed by atoms with Crippen molar-refractivity contribution in [1.82, 2.24) is 10.4 Å². The monoisotopic (exact) mass is 220 g/mol. The average molecular weight is 220 g/mol. The third-order valence-corrected chi connectivity index (χ3v) is 1.01. The number of hydrogen-bond donors (Lipinski definition) is 2. The van der Waals surface area contributed by atoms with Crippen LogP contribution in [-0.2, 0) is 9.59 Å². The third kappa shape index (κ3) is 15.6. The van der Waals surface area contributed by atoms with Crippen LogP contribution in [-0.4, -0.2) is 35.7 Å². The maximum Gasteiger partial charge on any atom is 0.267 e. The molecule has 0 aliphatic heterocycles. The van der Waals surface area contributed by atoms with Gasteiger partial charge in [0.1, 0.15) is 6.04 Å². The molecule has 0 aromatic rings. The summed E-state index contributed by atoms with van der Waals surface area (Å²) in [6, 6.07) is -0.674. The molecular weight excluding hydrogens is 196 g/mol. The Kier molecular flexibility index (Phi) is 20.0. The third-order valence-electron chi connectivity index (χ3n) is 1.01. The van der Waals surface area contributed by atoms with Crippen molar-refractivity contribution >= 4 is 12.3 Å². The van der Waals surface area contributed by atoms with Crippen LogP contribution < -0.4 is 5.32 Å². The van der Waals surface area contributed by atoms with Crippen LogP contribution in [0, 0.1) is 0 Å². The summed E-state index contributed by atoms with van der Waals surface area (Å²) >= 11 is 0. The second kappa shape index (κ2) is 15.4. The molecule has 0 aliphatic carbocycles. The van der Waals surface area contributed by atoms with E-state index in [1.807, 2.05) is 13.8 Å². The van der Waals surface area contributed by atoms with Crippen molar-refractivity contribution < 1.29 is 14.8 Å². The summed E-state index contributed by atoms with van der Waals surface area (Å²) in [6.45, 7) is 9.73. The fourth-order valence-electron chi connectivity index (χ4n) is 0.454. The predicted molar refractivity (Wildman–Crippen MR) is 60.5 cm³/mol. The van der Waals surface area contributed by atoms with Gasteiger partial charge >= 0.3 is 0 Å². The molecule has 0 rings (SSSR count). The number of hydroxylamine groups is 2. The van der Waals surface area contributed by atoms with Gasteiger partial charge in [0.2, 0.25) is 6.41 Å². The molecule has 0 aromatic heterocycles. The van der Waals surface area contributed by atoms with Gasteiger partial charge in [-0.3, -0.25) is 14.8 Å². The van der Waals surface area contributed by atoms with Gasteiger partial charge in [0.05, 0.1) is 0 Å². The van der Waals surface area contributed by atoms with E-state index in [4.69, 9.17) is 5.21 Å². The highest BCUT2D eigenvalue weighted by Crippen LogP contribution is 1.85. The van der Waals surface area contributed by atoms with Gasteiger partial charge in [-0.2, -0.15) is 0 Å². The van der Waals surface area contributed by atoms with Gasteiger partial charge in [0.25, 0.3) is 5.91 Å². The van der Waals surface area contributed by atoms with Gasteiger partial charge in [-0.05, 0) is 6.92 Å². The number of rotatable bonds is 3. The molecule has 1 atom stereocenters. The summed E-state index contributed by atoms with van der Waals surface area (Å²) in [7, 11) is 1.20. The highest BCUT2D eigenvalue weighted by molar-refractivity contribution is 5.81. The van der Waals surface area contributed by atoms with Gasteiger partial charge in [0, 0.05) is 7.05 Å². The van der Waals surface area contributed by atoms with Gasteiger partial charge in [0.15, 0.2) is 0 Å². The fraction of sp³-hybridized carbons (Fsp3) is 0.800. The molecule has 2 N–H and O–H groups in total. The Morgan fingerprint density at radius 1 is 1.47 bits per heavy atom. The summed E-state index contributed by atoms with van der Waals surface area (Å²) < 4.78 is 0. The maximum atomic E-state index is 10.7. The van der Waals surface area contributed by atoms with E-state index in [-0.39, 0.29) is 0 Å². The highest BCUT2D eigenvalue weighted by atomic mass is 16.5. The van der Waals surface area contributed by atoms with E-state index < -0.39 is 11.9 Å². The number of nitrogens with zero attached hydrogens (tertiary/aromatic N) is 1. The Hall–Kier alpha value is -1.10. The van der Waals surface area contributed by atoms with E-state index >= 15 is 0 Å². The summed E-state index contributed by atoms with van der Waals surface area (Å²) in [4.78, 5) is 20.5. The van der Waals surface area contributed by atoms with Crippen LogP contribution in [0.3, 0.4) is 0 Å². The fourth-order valence-corrected chi connectivity index (χ4v) is 0.454. The molecule has 5 nitrogen and oxygen atoms in total. The number of carbonyl (C=O) groups is 2. The van der Waals surface area contributed by atoms with Gasteiger partial charge in [-0.1, -0.05) is 34.1 Å². The second-order valence-electron chi connectivity index (χ2n) is 2.58. The summed E-state index contributed by atoms with van der Waals surface area (Å²) in [5.74, 6) is -0.549. The van der Waals surface area contributed by atoms with Crippen molar-refractivity contribution in [1.29, 1.82) is 0 Å². The number of nitrogens with one attached hydrogen (secondary N) is 1. The molecule has 5 heteroatoms. The molecule has 0 spiro atoms. The second-order valence-corrected chi connectivity index (χ2v) is 2.58. The molecule has 0 radical (unpaired) electrons. The van der Waals surface area contributed by atoms with Gasteiger partial charge < -0.3 is 5.32 Å². The quantitative estimate of drug-likeness (QED) is 0.429. The first-order chi connectivity index (χ1) is 7.01. The van der Waals surface area contributed by atoms with Crippen LogP contribution in [0.5, 0.6) is 0 Å². The van der Waals surface area contributed by atoms with Crippen molar-refractivity contribution in [3.05, 3.63) is 0 Å². The molecule has 0 aliphatic rings. The molecule has 0 fully saturated rings. The Bertz CT molecular complexity index is 150. The largest absolute Gasteiger partial charge is 0.347 e. The Balaban J connectivity index is -0.000000245. The van der Waals surface area contributed by atoms with Crippen LogP contribution in [0.1, 0.15) is 41.0 Å². The Morgan fingerprint density at radius 2 is 1.80 bits per heavy atom. The molecule has 1 unspecified atom stereocenters. The maximum absolute atomic E-state index is 10.7. The van der Waals surface area contributed by atoms with E-state index in [0.717, 1.165) is 0 Å². The predicted octanol–water partition coefficient (Wildman–Crippen LogP) is 1.41. The lowest BCUT2D eigenvalue weighted by Gasteiger charge is -2.13. The first kappa shape index (κ1) is 19.5. The lowest BCUT2D eigenvalue weighted by molar-refractivity contribution is -0.161. The smallest absolute Gasteiger partial charge is 0.267 e. The van der Waals surface area contributed by atoms with Crippen molar-refractivity contribution in [2.75, 3.05) is 7.05 Å². The zero-order valence-electron chi connectivity index (χ0n) is 10.6. The molecule has 0 heterocycles. The molecule has 0 saturated heterocycles. The van der Waals surface area contributed by atoms with E-state index in [1.54, 1.807) is 0 Å². The lowest BCUT2D eigenvalue weighted by atomic mass is 10.3. The van der Waals surface area contributed by atoms with Crippen LogP contribution in [0.2, 0.25) is 0 Å². The minimum absolute atomic E-state index is 0.409. The molecule has 92 valence electrons. The minimum atomic E-state index is -0.674. The summed E-state index contributed by atoms with van der Waals surface area (Å²) in [6.07, 6.45) is 1.66. The Morgan fingerprint density at radius 3 is 2.00 bits per heavy atom. The number of hydrogen-bond acceptors (Lipinski definition) is 3. The summed E-state index contributed by atoms with van der Waals surface area (Å²) in [5.41, 5.74) is 0.